The Bertz CT molecular complexity index is 882. The molecule has 0 aliphatic heterocycles. The summed E-state index contributed by atoms with van der Waals surface area (Å²) in [5, 5.41) is 4.96. The molecule has 0 bridgehead atoms. The largest absolute Gasteiger partial charge is 0.487 e. The molecule has 0 aliphatic rings. The SMILES string of the molecule is c1ccc2cc(OCC[n+]3ccc4ccccc4c3)ccc2c1. The van der Waals surface area contributed by atoms with Crippen molar-refractivity contribution in [3.63, 3.8) is 0 Å². The molecule has 0 unspecified atom stereocenters. The molecule has 0 N–H and O–H groups in total. The molecule has 0 saturated heterocycles. The average molecular weight is 300 g/mol. The molecule has 4 rings (SSSR count). The number of fused-ring (bicyclic) bond motifs is 2. The van der Waals surface area contributed by atoms with E-state index < -0.39 is 0 Å². The highest BCUT2D eigenvalue weighted by Gasteiger charge is 2.04. The zero-order chi connectivity index (χ0) is 15.5. The van der Waals surface area contributed by atoms with Gasteiger partial charge in [0.15, 0.2) is 18.9 Å². The molecule has 0 saturated carbocycles. The summed E-state index contributed by atoms with van der Waals surface area (Å²) in [7, 11) is 0. The van der Waals surface area contributed by atoms with Gasteiger partial charge in [0.1, 0.15) is 12.4 Å². The van der Waals surface area contributed by atoms with Crippen molar-refractivity contribution in [2.45, 2.75) is 6.54 Å². The van der Waals surface area contributed by atoms with Crippen LogP contribution in [0, 0.1) is 0 Å². The van der Waals surface area contributed by atoms with E-state index in [0.717, 1.165) is 12.3 Å². The lowest BCUT2D eigenvalue weighted by atomic mass is 10.1. The maximum atomic E-state index is 5.91. The first-order chi connectivity index (χ1) is 11.4. The molecule has 2 nitrogen and oxygen atoms in total. The van der Waals surface area contributed by atoms with Crippen molar-refractivity contribution < 1.29 is 9.30 Å². The number of ether oxygens (including phenoxy) is 1. The van der Waals surface area contributed by atoms with Gasteiger partial charge in [0, 0.05) is 11.5 Å². The summed E-state index contributed by atoms with van der Waals surface area (Å²) < 4.78 is 8.08. The highest BCUT2D eigenvalue weighted by atomic mass is 16.5. The number of pyridine rings is 1. The van der Waals surface area contributed by atoms with E-state index in [9.17, 15) is 0 Å². The van der Waals surface area contributed by atoms with Gasteiger partial charge in [-0.25, -0.2) is 4.57 Å². The first-order valence-corrected chi connectivity index (χ1v) is 7.88. The van der Waals surface area contributed by atoms with E-state index >= 15 is 0 Å². The number of nitrogens with zero attached hydrogens (tertiary/aromatic N) is 1. The summed E-state index contributed by atoms with van der Waals surface area (Å²) in [4.78, 5) is 0. The van der Waals surface area contributed by atoms with Gasteiger partial charge in [-0.05, 0) is 34.4 Å². The number of aromatic nitrogens is 1. The summed E-state index contributed by atoms with van der Waals surface area (Å²) in [5.74, 6) is 0.921. The van der Waals surface area contributed by atoms with Crippen LogP contribution in [0.25, 0.3) is 21.5 Å². The van der Waals surface area contributed by atoms with Crippen LogP contribution in [0.15, 0.2) is 85.2 Å². The van der Waals surface area contributed by atoms with Gasteiger partial charge < -0.3 is 4.74 Å². The molecule has 23 heavy (non-hydrogen) atoms. The predicted octanol–water partition coefficient (Wildman–Crippen LogP) is 4.36. The van der Waals surface area contributed by atoms with Crippen molar-refractivity contribution in [3.8, 4) is 5.75 Å². The Morgan fingerprint density at radius 2 is 1.39 bits per heavy atom. The second-order valence-electron chi connectivity index (χ2n) is 5.67. The second-order valence-corrected chi connectivity index (χ2v) is 5.67. The fourth-order valence-corrected chi connectivity index (χ4v) is 2.84. The minimum Gasteiger partial charge on any atom is -0.487 e. The van der Waals surface area contributed by atoms with Crippen LogP contribution in [0.3, 0.4) is 0 Å². The maximum Gasteiger partial charge on any atom is 0.182 e. The zero-order valence-electron chi connectivity index (χ0n) is 12.9. The van der Waals surface area contributed by atoms with Gasteiger partial charge in [-0.1, -0.05) is 48.5 Å². The normalized spacial score (nSPS) is 11.0. The molecule has 0 atom stereocenters. The third kappa shape index (κ3) is 3.02. The number of rotatable bonds is 4. The Kier molecular flexibility index (Phi) is 3.65. The highest BCUT2D eigenvalue weighted by molar-refractivity contribution is 5.83. The molecule has 112 valence electrons. The lowest BCUT2D eigenvalue weighted by Gasteiger charge is -2.06. The quantitative estimate of drug-likeness (QED) is 0.510. The smallest absolute Gasteiger partial charge is 0.182 e. The van der Waals surface area contributed by atoms with Crippen molar-refractivity contribution in [1.29, 1.82) is 0 Å². The molecule has 1 aromatic heterocycles. The first-order valence-electron chi connectivity index (χ1n) is 7.88. The molecule has 3 aromatic carbocycles. The molecular weight excluding hydrogens is 282 g/mol. The van der Waals surface area contributed by atoms with E-state index in [1.807, 2.05) is 6.07 Å². The molecule has 1 heterocycles. The van der Waals surface area contributed by atoms with Crippen LogP contribution in [0.5, 0.6) is 5.75 Å². The Balaban J connectivity index is 1.45. The van der Waals surface area contributed by atoms with E-state index in [0.29, 0.717) is 6.61 Å². The van der Waals surface area contributed by atoms with Gasteiger partial charge in [-0.3, -0.25) is 0 Å². The van der Waals surface area contributed by atoms with Gasteiger partial charge in [-0.2, -0.15) is 0 Å². The van der Waals surface area contributed by atoms with Gasteiger partial charge in [0.2, 0.25) is 0 Å². The fourth-order valence-electron chi connectivity index (χ4n) is 2.84. The molecule has 0 aliphatic carbocycles. The Morgan fingerprint density at radius 1 is 0.696 bits per heavy atom. The lowest BCUT2D eigenvalue weighted by Crippen LogP contribution is -2.35. The standard InChI is InChI=1S/C21H18NO/c1-3-7-19-15-21(10-9-17(19)5-1)23-14-13-22-12-11-18-6-2-4-8-20(18)16-22/h1-12,15-16H,13-14H2/q+1. The molecule has 4 aromatic rings. The van der Waals surface area contributed by atoms with Crippen LogP contribution < -0.4 is 9.30 Å². The first kappa shape index (κ1) is 13.8. The molecule has 2 heteroatoms. The number of hydrogen-bond donors (Lipinski definition) is 0. The molecular formula is C21H18NO+. The molecule has 0 fully saturated rings. The van der Waals surface area contributed by atoms with E-state index in [1.165, 1.54) is 21.5 Å². The van der Waals surface area contributed by atoms with E-state index in [4.69, 9.17) is 4.74 Å². The molecule has 0 spiro atoms. The van der Waals surface area contributed by atoms with Crippen molar-refractivity contribution >= 4 is 21.5 Å². The second kappa shape index (κ2) is 6.09. The van der Waals surface area contributed by atoms with Gasteiger partial charge >= 0.3 is 0 Å². The van der Waals surface area contributed by atoms with E-state index in [-0.39, 0.29) is 0 Å². The van der Waals surface area contributed by atoms with Crippen molar-refractivity contribution in [3.05, 3.63) is 85.2 Å². The minimum absolute atomic E-state index is 0.654. The van der Waals surface area contributed by atoms with Gasteiger partial charge in [-0.15, -0.1) is 0 Å². The topological polar surface area (TPSA) is 13.1 Å². The third-order valence-electron chi connectivity index (χ3n) is 4.09. The van der Waals surface area contributed by atoms with Crippen molar-refractivity contribution in [2.75, 3.05) is 6.61 Å². The third-order valence-corrected chi connectivity index (χ3v) is 4.09. The highest BCUT2D eigenvalue weighted by Crippen LogP contribution is 2.20. The summed E-state index contributed by atoms with van der Waals surface area (Å²) in [6, 6.07) is 25.1. The molecule has 0 radical (unpaired) electrons. The van der Waals surface area contributed by atoms with Crippen LogP contribution in [-0.2, 0) is 6.54 Å². The summed E-state index contributed by atoms with van der Waals surface area (Å²) in [6.07, 6.45) is 4.27. The Labute approximate surface area is 135 Å². The molecule has 0 amide bonds. The number of hydrogen-bond acceptors (Lipinski definition) is 1. The average Bonchev–Trinajstić information content (AvgIpc) is 2.61. The Hall–Kier alpha value is -2.87. The number of benzene rings is 3. The van der Waals surface area contributed by atoms with Crippen LogP contribution >= 0.6 is 0 Å². The van der Waals surface area contributed by atoms with Crippen LogP contribution in [-0.4, -0.2) is 6.61 Å². The Morgan fingerprint density at radius 3 is 2.22 bits per heavy atom. The van der Waals surface area contributed by atoms with Crippen LogP contribution in [0.1, 0.15) is 0 Å². The van der Waals surface area contributed by atoms with Gasteiger partial charge in [0.05, 0.1) is 0 Å². The van der Waals surface area contributed by atoms with E-state index in [1.54, 1.807) is 0 Å². The fraction of sp³-hybridized carbons (Fsp3) is 0.0952. The van der Waals surface area contributed by atoms with Crippen molar-refractivity contribution in [1.82, 2.24) is 0 Å². The summed E-state index contributed by atoms with van der Waals surface area (Å²) >= 11 is 0. The summed E-state index contributed by atoms with van der Waals surface area (Å²) in [5.41, 5.74) is 0. The maximum absolute atomic E-state index is 5.91. The monoisotopic (exact) mass is 300 g/mol. The van der Waals surface area contributed by atoms with Crippen molar-refractivity contribution in [2.24, 2.45) is 0 Å². The summed E-state index contributed by atoms with van der Waals surface area (Å²) in [6.45, 7) is 1.49. The van der Waals surface area contributed by atoms with Gasteiger partial charge in [0.25, 0.3) is 0 Å². The van der Waals surface area contributed by atoms with E-state index in [2.05, 4.69) is 83.7 Å². The zero-order valence-corrected chi connectivity index (χ0v) is 12.9. The van der Waals surface area contributed by atoms with Crippen LogP contribution in [0.4, 0.5) is 0 Å². The predicted molar refractivity (Wildman–Crippen MR) is 93.6 cm³/mol. The van der Waals surface area contributed by atoms with Crippen LogP contribution in [0.2, 0.25) is 0 Å². The minimum atomic E-state index is 0.654. The lowest BCUT2D eigenvalue weighted by molar-refractivity contribution is -0.696.